The molecule has 0 bridgehead atoms. The first-order chi connectivity index (χ1) is 12.5. The molecule has 0 fully saturated rings. The predicted octanol–water partition coefficient (Wildman–Crippen LogP) is 5.99. The Kier molecular flexibility index (Phi) is 5.77. The van der Waals surface area contributed by atoms with Crippen molar-refractivity contribution in [2.24, 2.45) is 0 Å². The van der Waals surface area contributed by atoms with Crippen LogP contribution < -0.4 is 10.2 Å². The van der Waals surface area contributed by atoms with Crippen LogP contribution in [-0.2, 0) is 0 Å². The number of aryl methyl sites for hydroxylation is 3. The zero-order valence-electron chi connectivity index (χ0n) is 16.4. The van der Waals surface area contributed by atoms with Crippen molar-refractivity contribution < 1.29 is 0 Å². The number of nitrogens with one attached hydrogen (secondary N) is 1. The molecule has 0 aliphatic rings. The second kappa shape index (κ2) is 8.04. The van der Waals surface area contributed by atoms with Crippen LogP contribution in [0.1, 0.15) is 43.6 Å². The van der Waals surface area contributed by atoms with Gasteiger partial charge in [-0.2, -0.15) is 0 Å². The lowest BCUT2D eigenvalue weighted by atomic mass is 10.2. The molecule has 0 spiro atoms. The van der Waals surface area contributed by atoms with Gasteiger partial charge < -0.3 is 10.2 Å². The van der Waals surface area contributed by atoms with E-state index in [2.05, 4.69) is 60.2 Å². The molecule has 26 heavy (non-hydrogen) atoms. The molecule has 0 saturated carbocycles. The minimum absolute atomic E-state index is 0.928. The van der Waals surface area contributed by atoms with Gasteiger partial charge in [-0.25, -0.2) is 4.98 Å². The van der Waals surface area contributed by atoms with Crippen LogP contribution >= 0.6 is 11.3 Å². The summed E-state index contributed by atoms with van der Waals surface area (Å²) >= 11 is 1.73. The molecule has 0 aliphatic carbocycles. The first-order valence-electron chi connectivity index (χ1n) is 9.39. The zero-order chi connectivity index (χ0) is 18.7. The van der Waals surface area contributed by atoms with E-state index in [1.165, 1.54) is 16.0 Å². The van der Waals surface area contributed by atoms with Crippen molar-refractivity contribution in [2.45, 2.75) is 47.5 Å². The van der Waals surface area contributed by atoms with Crippen molar-refractivity contribution in [2.75, 3.05) is 23.3 Å². The van der Waals surface area contributed by atoms with E-state index in [9.17, 15) is 0 Å². The Labute approximate surface area is 160 Å². The summed E-state index contributed by atoms with van der Waals surface area (Å²) in [6, 6.07) is 8.55. The highest BCUT2D eigenvalue weighted by molar-refractivity contribution is 7.22. The van der Waals surface area contributed by atoms with Crippen molar-refractivity contribution in [3.8, 4) is 0 Å². The Bertz CT molecular complexity index is 871. The average Bonchev–Trinajstić information content (AvgIpc) is 3.00. The maximum Gasteiger partial charge on any atom is 0.188 e. The van der Waals surface area contributed by atoms with Crippen LogP contribution in [0.15, 0.2) is 24.3 Å². The van der Waals surface area contributed by atoms with Gasteiger partial charge in [0.25, 0.3) is 0 Å². The fourth-order valence-corrected chi connectivity index (χ4v) is 4.46. The average molecular weight is 369 g/mol. The van der Waals surface area contributed by atoms with Crippen molar-refractivity contribution in [3.05, 3.63) is 41.2 Å². The molecular formula is C21H28N4S. The standard InChI is InChI=1S/C21H28N4S/c1-6-11-25(12-7-2)18-10-8-9-17-20(18)26-21(23-17)24-19-14(3)13-15(4)22-16(19)5/h8-10,13H,6-7,11-12H2,1-5H3,(H,23,24). The number of anilines is 3. The molecule has 1 aromatic carbocycles. The molecule has 1 N–H and O–H groups in total. The lowest BCUT2D eigenvalue weighted by Gasteiger charge is -2.24. The first kappa shape index (κ1) is 18.6. The molecular weight excluding hydrogens is 340 g/mol. The Hall–Kier alpha value is -2.14. The number of fused-ring (bicyclic) bond motifs is 1. The maximum absolute atomic E-state index is 4.83. The predicted molar refractivity (Wildman–Crippen MR) is 114 cm³/mol. The lowest BCUT2D eigenvalue weighted by molar-refractivity contribution is 0.748. The van der Waals surface area contributed by atoms with Crippen molar-refractivity contribution in [1.29, 1.82) is 0 Å². The summed E-state index contributed by atoms with van der Waals surface area (Å²) < 4.78 is 1.26. The summed E-state index contributed by atoms with van der Waals surface area (Å²) in [7, 11) is 0. The molecule has 0 aliphatic heterocycles. The van der Waals surface area contributed by atoms with Crippen molar-refractivity contribution >= 4 is 38.1 Å². The van der Waals surface area contributed by atoms with Gasteiger partial charge in [-0.3, -0.25) is 4.98 Å². The number of nitrogens with zero attached hydrogens (tertiary/aromatic N) is 3. The van der Waals surface area contributed by atoms with Gasteiger partial charge in [-0.15, -0.1) is 0 Å². The second-order valence-electron chi connectivity index (χ2n) is 6.80. The van der Waals surface area contributed by atoms with Crippen molar-refractivity contribution in [3.63, 3.8) is 0 Å². The van der Waals surface area contributed by atoms with Gasteiger partial charge in [0.1, 0.15) is 0 Å². The number of hydrogen-bond acceptors (Lipinski definition) is 5. The highest BCUT2D eigenvalue weighted by Gasteiger charge is 2.14. The topological polar surface area (TPSA) is 41.1 Å². The van der Waals surface area contributed by atoms with Gasteiger partial charge in [-0.05, 0) is 57.4 Å². The highest BCUT2D eigenvalue weighted by Crippen LogP contribution is 2.36. The van der Waals surface area contributed by atoms with Crippen LogP contribution in [0, 0.1) is 20.8 Å². The summed E-state index contributed by atoms with van der Waals surface area (Å²) in [5.41, 5.74) is 6.69. The fourth-order valence-electron chi connectivity index (χ4n) is 3.45. The third kappa shape index (κ3) is 3.83. The van der Waals surface area contributed by atoms with Crippen LogP contribution in [0.2, 0.25) is 0 Å². The van der Waals surface area contributed by atoms with Crippen LogP contribution in [0.5, 0.6) is 0 Å². The summed E-state index contributed by atoms with van der Waals surface area (Å²) in [6.45, 7) is 12.8. The van der Waals surface area contributed by atoms with E-state index >= 15 is 0 Å². The normalized spacial score (nSPS) is 11.1. The number of aromatic nitrogens is 2. The molecule has 2 aromatic heterocycles. The maximum atomic E-state index is 4.83. The quantitative estimate of drug-likeness (QED) is 0.556. The van der Waals surface area contributed by atoms with Gasteiger partial charge >= 0.3 is 0 Å². The number of hydrogen-bond donors (Lipinski definition) is 1. The first-order valence-corrected chi connectivity index (χ1v) is 10.2. The molecule has 138 valence electrons. The van der Waals surface area contributed by atoms with E-state index in [-0.39, 0.29) is 0 Å². The summed E-state index contributed by atoms with van der Waals surface area (Å²) in [4.78, 5) is 11.9. The molecule has 0 saturated heterocycles. The summed E-state index contributed by atoms with van der Waals surface area (Å²) in [5, 5.41) is 4.44. The Morgan fingerprint density at radius 3 is 2.42 bits per heavy atom. The van der Waals surface area contributed by atoms with Gasteiger partial charge in [0.05, 0.1) is 27.3 Å². The number of benzene rings is 1. The Morgan fingerprint density at radius 1 is 1.04 bits per heavy atom. The molecule has 0 amide bonds. The number of pyridine rings is 1. The molecule has 3 aromatic rings. The van der Waals surface area contributed by atoms with E-state index in [1.807, 2.05) is 13.8 Å². The van der Waals surface area contributed by atoms with Crippen LogP contribution in [0.4, 0.5) is 16.5 Å². The zero-order valence-corrected chi connectivity index (χ0v) is 17.2. The fraction of sp³-hybridized carbons (Fsp3) is 0.429. The molecule has 5 heteroatoms. The Balaban J connectivity index is 1.98. The lowest BCUT2D eigenvalue weighted by Crippen LogP contribution is -2.24. The minimum Gasteiger partial charge on any atom is -0.370 e. The van der Waals surface area contributed by atoms with E-state index < -0.39 is 0 Å². The van der Waals surface area contributed by atoms with E-state index in [1.54, 1.807) is 11.3 Å². The summed E-state index contributed by atoms with van der Waals surface area (Å²) in [6.07, 6.45) is 2.29. The molecule has 3 rings (SSSR count). The van der Waals surface area contributed by atoms with Gasteiger partial charge in [0.2, 0.25) is 0 Å². The molecule has 0 unspecified atom stereocenters. The second-order valence-corrected chi connectivity index (χ2v) is 7.80. The van der Waals surface area contributed by atoms with Crippen LogP contribution in [-0.4, -0.2) is 23.1 Å². The van der Waals surface area contributed by atoms with Crippen molar-refractivity contribution in [1.82, 2.24) is 9.97 Å². The third-order valence-corrected chi connectivity index (χ3v) is 5.49. The monoisotopic (exact) mass is 368 g/mol. The van der Waals surface area contributed by atoms with Gasteiger partial charge in [-0.1, -0.05) is 31.3 Å². The van der Waals surface area contributed by atoms with Gasteiger partial charge in [0.15, 0.2) is 5.13 Å². The SMILES string of the molecule is CCCN(CCC)c1cccc2nc(Nc3c(C)cc(C)nc3C)sc12. The molecule has 0 radical (unpaired) electrons. The Morgan fingerprint density at radius 2 is 1.77 bits per heavy atom. The third-order valence-electron chi connectivity index (χ3n) is 4.48. The van der Waals surface area contributed by atoms with Gasteiger partial charge in [0, 0.05) is 18.8 Å². The minimum atomic E-state index is 0.928. The van der Waals surface area contributed by atoms with Crippen LogP contribution in [0.3, 0.4) is 0 Å². The highest BCUT2D eigenvalue weighted by atomic mass is 32.1. The van der Waals surface area contributed by atoms with Crippen LogP contribution in [0.25, 0.3) is 10.2 Å². The molecule has 0 atom stereocenters. The number of thiazole rings is 1. The molecule has 4 nitrogen and oxygen atoms in total. The van der Waals surface area contributed by atoms with E-state index in [0.29, 0.717) is 0 Å². The van der Waals surface area contributed by atoms with E-state index in [0.717, 1.165) is 53.7 Å². The number of rotatable bonds is 7. The van der Waals surface area contributed by atoms with E-state index in [4.69, 9.17) is 4.98 Å². The molecule has 2 heterocycles. The smallest absolute Gasteiger partial charge is 0.188 e. The largest absolute Gasteiger partial charge is 0.370 e. The summed E-state index contributed by atoms with van der Waals surface area (Å²) in [5.74, 6) is 0.